The first kappa shape index (κ1) is 19.7. The standard InChI is InChI=1S/C18H21N7O2S/c1-11-14(12(2)25-17(21-11)23-18(24-25)28-3)9-16(27)20-8-6-15(26)22-13-5-4-7-19-10-13/h4-5,7,10H,6,8-9H2,1-3H3,(H,20,27)(H,22,26). The van der Waals surface area contributed by atoms with Gasteiger partial charge in [-0.05, 0) is 32.2 Å². The third kappa shape index (κ3) is 4.63. The predicted octanol–water partition coefficient (Wildman–Crippen LogP) is 1.55. The summed E-state index contributed by atoms with van der Waals surface area (Å²) in [4.78, 5) is 36.9. The molecule has 9 nitrogen and oxygen atoms in total. The maximum absolute atomic E-state index is 12.3. The number of aromatic nitrogens is 5. The molecule has 0 radical (unpaired) electrons. The molecule has 10 heteroatoms. The Morgan fingerprint density at radius 3 is 2.75 bits per heavy atom. The van der Waals surface area contributed by atoms with E-state index in [-0.39, 0.29) is 31.2 Å². The lowest BCUT2D eigenvalue weighted by Gasteiger charge is -2.11. The van der Waals surface area contributed by atoms with E-state index < -0.39 is 0 Å². The van der Waals surface area contributed by atoms with Crippen LogP contribution in [0.1, 0.15) is 23.4 Å². The van der Waals surface area contributed by atoms with Crippen molar-refractivity contribution in [3.63, 3.8) is 0 Å². The summed E-state index contributed by atoms with van der Waals surface area (Å²) < 4.78 is 1.66. The zero-order valence-corrected chi connectivity index (χ0v) is 16.7. The van der Waals surface area contributed by atoms with Crippen LogP contribution in [0.5, 0.6) is 0 Å². The Hall–Kier alpha value is -3.01. The van der Waals surface area contributed by atoms with Gasteiger partial charge in [0.05, 0.1) is 18.3 Å². The minimum atomic E-state index is -0.184. The van der Waals surface area contributed by atoms with Crippen LogP contribution in [0.15, 0.2) is 29.7 Å². The van der Waals surface area contributed by atoms with E-state index in [0.717, 1.165) is 17.0 Å². The third-order valence-electron chi connectivity index (χ3n) is 4.17. The van der Waals surface area contributed by atoms with Crippen LogP contribution >= 0.6 is 11.8 Å². The summed E-state index contributed by atoms with van der Waals surface area (Å²) in [5.74, 6) is 0.165. The van der Waals surface area contributed by atoms with Crippen molar-refractivity contribution < 1.29 is 9.59 Å². The molecule has 3 rings (SSSR count). The van der Waals surface area contributed by atoms with E-state index in [0.29, 0.717) is 16.6 Å². The highest BCUT2D eigenvalue weighted by Gasteiger charge is 2.16. The highest BCUT2D eigenvalue weighted by atomic mass is 32.2. The molecule has 0 fully saturated rings. The second kappa shape index (κ2) is 8.79. The van der Waals surface area contributed by atoms with Gasteiger partial charge in [0.15, 0.2) is 0 Å². The second-order valence-corrected chi connectivity index (χ2v) is 6.91. The van der Waals surface area contributed by atoms with Crippen LogP contribution in [0.2, 0.25) is 0 Å². The molecule has 2 N–H and O–H groups in total. The number of hydrogen-bond donors (Lipinski definition) is 2. The summed E-state index contributed by atoms with van der Waals surface area (Å²) in [6, 6.07) is 3.50. The zero-order chi connectivity index (χ0) is 20.1. The van der Waals surface area contributed by atoms with E-state index in [1.165, 1.54) is 11.8 Å². The summed E-state index contributed by atoms with van der Waals surface area (Å²) in [6.45, 7) is 3.99. The van der Waals surface area contributed by atoms with Gasteiger partial charge in [-0.3, -0.25) is 14.6 Å². The number of thioether (sulfide) groups is 1. The summed E-state index contributed by atoms with van der Waals surface area (Å²) in [5, 5.41) is 10.5. The number of carbonyl (C=O) groups is 2. The molecule has 0 spiro atoms. The normalized spacial score (nSPS) is 10.8. The van der Waals surface area contributed by atoms with Gasteiger partial charge in [0.2, 0.25) is 17.0 Å². The Bertz CT molecular complexity index is 1000. The molecule has 0 unspecified atom stereocenters. The number of hydrogen-bond acceptors (Lipinski definition) is 7. The summed E-state index contributed by atoms with van der Waals surface area (Å²) >= 11 is 1.44. The van der Waals surface area contributed by atoms with Crippen molar-refractivity contribution in [2.24, 2.45) is 0 Å². The van der Waals surface area contributed by atoms with Crippen molar-refractivity contribution >= 4 is 35.0 Å². The fraction of sp³-hybridized carbons (Fsp3) is 0.333. The number of amides is 2. The fourth-order valence-electron chi connectivity index (χ4n) is 2.73. The van der Waals surface area contributed by atoms with Gasteiger partial charge in [-0.1, -0.05) is 11.8 Å². The van der Waals surface area contributed by atoms with Gasteiger partial charge in [-0.25, -0.2) is 9.50 Å². The van der Waals surface area contributed by atoms with Crippen LogP contribution in [-0.2, 0) is 16.0 Å². The first-order valence-corrected chi connectivity index (χ1v) is 9.94. The maximum Gasteiger partial charge on any atom is 0.253 e. The zero-order valence-electron chi connectivity index (χ0n) is 15.9. The maximum atomic E-state index is 12.3. The first-order valence-electron chi connectivity index (χ1n) is 8.71. The monoisotopic (exact) mass is 399 g/mol. The number of rotatable bonds is 7. The lowest BCUT2D eigenvalue weighted by Crippen LogP contribution is -2.29. The Kier molecular flexibility index (Phi) is 6.19. The molecular formula is C18H21N7O2S. The minimum absolute atomic E-state index is 0.166. The molecule has 3 aromatic heterocycles. The molecule has 3 aromatic rings. The lowest BCUT2D eigenvalue weighted by atomic mass is 10.1. The van der Waals surface area contributed by atoms with Gasteiger partial charge in [0, 0.05) is 36.1 Å². The first-order chi connectivity index (χ1) is 13.5. The van der Waals surface area contributed by atoms with E-state index in [4.69, 9.17) is 0 Å². The molecule has 146 valence electrons. The molecule has 28 heavy (non-hydrogen) atoms. The Morgan fingerprint density at radius 1 is 1.21 bits per heavy atom. The van der Waals surface area contributed by atoms with Crippen molar-refractivity contribution in [1.82, 2.24) is 29.9 Å². The molecule has 0 saturated heterocycles. The Labute approximate surface area is 166 Å². The Morgan fingerprint density at radius 2 is 2.04 bits per heavy atom. The van der Waals surface area contributed by atoms with E-state index in [1.807, 2.05) is 20.1 Å². The van der Waals surface area contributed by atoms with Gasteiger partial charge in [0.25, 0.3) is 5.78 Å². The topological polar surface area (TPSA) is 114 Å². The van der Waals surface area contributed by atoms with Crippen molar-refractivity contribution in [2.75, 3.05) is 18.1 Å². The van der Waals surface area contributed by atoms with Crippen LogP contribution in [0, 0.1) is 13.8 Å². The quantitative estimate of drug-likeness (QED) is 0.579. The molecule has 0 saturated carbocycles. The number of carbonyl (C=O) groups excluding carboxylic acids is 2. The van der Waals surface area contributed by atoms with E-state index >= 15 is 0 Å². The predicted molar refractivity (Wildman–Crippen MR) is 106 cm³/mol. The summed E-state index contributed by atoms with van der Waals surface area (Å²) in [6.07, 6.45) is 5.44. The largest absolute Gasteiger partial charge is 0.355 e. The molecule has 0 aliphatic rings. The molecule has 3 heterocycles. The average Bonchev–Trinajstić information content (AvgIpc) is 3.09. The summed E-state index contributed by atoms with van der Waals surface area (Å²) in [7, 11) is 0. The molecule has 0 bridgehead atoms. The van der Waals surface area contributed by atoms with Crippen molar-refractivity contribution in [2.45, 2.75) is 31.8 Å². The SMILES string of the molecule is CSc1nc2nc(C)c(CC(=O)NCCC(=O)Nc3cccnc3)c(C)n2n1. The smallest absolute Gasteiger partial charge is 0.253 e. The van der Waals surface area contributed by atoms with Crippen LogP contribution in [0.4, 0.5) is 5.69 Å². The lowest BCUT2D eigenvalue weighted by molar-refractivity contribution is -0.120. The van der Waals surface area contributed by atoms with Gasteiger partial charge < -0.3 is 10.6 Å². The molecule has 2 amide bonds. The van der Waals surface area contributed by atoms with Crippen LogP contribution in [0.25, 0.3) is 5.78 Å². The number of nitrogens with one attached hydrogen (secondary N) is 2. The average molecular weight is 399 g/mol. The molecule has 0 aromatic carbocycles. The van der Waals surface area contributed by atoms with Crippen LogP contribution < -0.4 is 10.6 Å². The molecule has 0 atom stereocenters. The van der Waals surface area contributed by atoms with Crippen molar-refractivity contribution in [3.8, 4) is 0 Å². The van der Waals surface area contributed by atoms with Crippen LogP contribution in [-0.4, -0.2) is 49.2 Å². The fourth-order valence-corrected chi connectivity index (χ4v) is 3.07. The highest BCUT2D eigenvalue weighted by Crippen LogP contribution is 2.17. The molecule has 0 aliphatic carbocycles. The number of nitrogens with zero attached hydrogens (tertiary/aromatic N) is 5. The highest BCUT2D eigenvalue weighted by molar-refractivity contribution is 7.98. The van der Waals surface area contributed by atoms with E-state index in [1.54, 1.807) is 29.0 Å². The third-order valence-corrected chi connectivity index (χ3v) is 4.71. The summed E-state index contributed by atoms with van der Waals surface area (Å²) in [5.41, 5.74) is 3.01. The van der Waals surface area contributed by atoms with Gasteiger partial charge in [0.1, 0.15) is 0 Å². The van der Waals surface area contributed by atoms with Crippen LogP contribution in [0.3, 0.4) is 0 Å². The van der Waals surface area contributed by atoms with Crippen molar-refractivity contribution in [1.29, 1.82) is 0 Å². The van der Waals surface area contributed by atoms with E-state index in [2.05, 4.69) is 30.7 Å². The molecule has 0 aliphatic heterocycles. The van der Waals surface area contributed by atoms with Crippen molar-refractivity contribution in [3.05, 3.63) is 41.5 Å². The molecular weight excluding hydrogens is 378 g/mol. The second-order valence-electron chi connectivity index (χ2n) is 6.14. The number of fused-ring (bicyclic) bond motifs is 1. The number of anilines is 1. The van der Waals surface area contributed by atoms with Gasteiger partial charge in [-0.15, -0.1) is 5.10 Å². The Balaban J connectivity index is 1.56. The number of aryl methyl sites for hydroxylation is 2. The minimum Gasteiger partial charge on any atom is -0.355 e. The number of pyridine rings is 1. The van der Waals surface area contributed by atoms with Gasteiger partial charge in [-0.2, -0.15) is 4.98 Å². The van der Waals surface area contributed by atoms with E-state index in [9.17, 15) is 9.59 Å². The van der Waals surface area contributed by atoms with Gasteiger partial charge >= 0.3 is 0 Å².